The average Bonchev–Trinajstić information content (AvgIpc) is 2.19. The fourth-order valence-corrected chi connectivity index (χ4v) is 1.26. The zero-order chi connectivity index (χ0) is 12.1. The Morgan fingerprint density at radius 3 is 2.56 bits per heavy atom. The topological polar surface area (TPSA) is 93.1 Å². The highest BCUT2D eigenvalue weighted by atomic mass is 35.5. The van der Waals surface area contributed by atoms with Gasteiger partial charge < -0.3 is 21.7 Å². The lowest BCUT2D eigenvalue weighted by Crippen LogP contribution is -2.27. The predicted octanol–water partition coefficient (Wildman–Crippen LogP) is -0.0544. The molecule has 0 fully saturated rings. The summed E-state index contributed by atoms with van der Waals surface area (Å²) in [5, 5.41) is 3.39. The normalized spacial score (nSPS) is 11.0. The summed E-state index contributed by atoms with van der Waals surface area (Å²) in [5.41, 5.74) is 11.8. The highest BCUT2D eigenvalue weighted by molar-refractivity contribution is 6.31. The molecule has 0 radical (unpaired) electrons. The minimum Gasteiger partial charge on any atom is -0.382 e. The van der Waals surface area contributed by atoms with Crippen molar-refractivity contribution in [3.8, 4) is 0 Å². The zero-order valence-electron chi connectivity index (χ0n) is 9.50. The maximum atomic E-state index is 5.76. The summed E-state index contributed by atoms with van der Waals surface area (Å²) in [5.74, 6) is 0.482. The molecule has 0 aliphatic rings. The van der Waals surface area contributed by atoms with Crippen molar-refractivity contribution in [2.75, 3.05) is 38.7 Å². The van der Waals surface area contributed by atoms with Gasteiger partial charge in [-0.2, -0.15) is 0 Å². The minimum atomic E-state index is 0.163. The molecule has 6 nitrogen and oxygen atoms in total. The molecule has 7 heteroatoms. The Bertz CT molecular complexity index is 354. The van der Waals surface area contributed by atoms with Crippen molar-refractivity contribution in [2.24, 2.45) is 0 Å². The maximum Gasteiger partial charge on any atom is 0.171 e. The van der Waals surface area contributed by atoms with E-state index in [1.165, 1.54) is 0 Å². The summed E-state index contributed by atoms with van der Waals surface area (Å²) in [7, 11) is 4.02. The molecule has 0 spiro atoms. The molecule has 0 saturated heterocycles. The number of halogens is 1. The molecule has 5 N–H and O–H groups in total. The Kier molecular flexibility index (Phi) is 4.72. The van der Waals surface area contributed by atoms with Crippen molar-refractivity contribution in [3.05, 3.63) is 10.8 Å². The van der Waals surface area contributed by atoms with E-state index in [-0.39, 0.29) is 11.0 Å². The van der Waals surface area contributed by atoms with Crippen molar-refractivity contribution in [1.82, 2.24) is 20.2 Å². The number of hydrogen-bond acceptors (Lipinski definition) is 6. The Morgan fingerprint density at radius 2 is 1.94 bits per heavy atom. The van der Waals surface area contributed by atoms with E-state index >= 15 is 0 Å². The fraction of sp³-hybridized carbons (Fsp3) is 0.556. The molecule has 90 valence electrons. The summed E-state index contributed by atoms with van der Waals surface area (Å²) in [4.78, 5) is 10.0. The second kappa shape index (κ2) is 5.83. The number of likely N-dealkylation sites (N-methyl/N-ethyl adjacent to an activating group) is 1. The van der Waals surface area contributed by atoms with Crippen molar-refractivity contribution < 1.29 is 0 Å². The molecule has 0 bridgehead atoms. The first-order chi connectivity index (χ1) is 7.50. The van der Waals surface area contributed by atoms with Gasteiger partial charge in [0.25, 0.3) is 0 Å². The smallest absolute Gasteiger partial charge is 0.171 e. The van der Waals surface area contributed by atoms with E-state index in [2.05, 4.69) is 20.2 Å². The standard InChI is InChI=1S/C9H17ClN6/c1-16(2)4-3-13-5-6-8(11)15-9(12)7(10)14-6/h13H,3-5H2,1-2H3,(H4,11,12,15). The lowest BCUT2D eigenvalue weighted by Gasteiger charge is -2.11. The summed E-state index contributed by atoms with van der Waals surface area (Å²) < 4.78 is 0. The van der Waals surface area contributed by atoms with Crippen LogP contribution in [0.25, 0.3) is 0 Å². The van der Waals surface area contributed by atoms with Crippen LogP contribution in [0.5, 0.6) is 0 Å². The van der Waals surface area contributed by atoms with Gasteiger partial charge in [0, 0.05) is 19.6 Å². The van der Waals surface area contributed by atoms with Crippen LogP contribution < -0.4 is 16.8 Å². The first-order valence-corrected chi connectivity index (χ1v) is 5.31. The molecule has 0 atom stereocenters. The van der Waals surface area contributed by atoms with E-state index in [0.29, 0.717) is 18.1 Å². The van der Waals surface area contributed by atoms with Crippen molar-refractivity contribution in [2.45, 2.75) is 6.54 Å². The fourth-order valence-electron chi connectivity index (χ4n) is 1.11. The van der Waals surface area contributed by atoms with Crippen molar-refractivity contribution >= 4 is 23.2 Å². The Morgan fingerprint density at radius 1 is 1.25 bits per heavy atom. The number of nitrogen functional groups attached to an aromatic ring is 2. The van der Waals surface area contributed by atoms with Gasteiger partial charge in [0.2, 0.25) is 0 Å². The third-order valence-corrected chi connectivity index (χ3v) is 2.29. The number of nitrogens with zero attached hydrogens (tertiary/aromatic N) is 3. The van der Waals surface area contributed by atoms with E-state index in [1.807, 2.05) is 14.1 Å². The van der Waals surface area contributed by atoms with Crippen LogP contribution in [0.3, 0.4) is 0 Å². The maximum absolute atomic E-state index is 5.76. The van der Waals surface area contributed by atoms with E-state index < -0.39 is 0 Å². The van der Waals surface area contributed by atoms with Gasteiger partial charge in [-0.3, -0.25) is 0 Å². The first kappa shape index (κ1) is 13.0. The minimum absolute atomic E-state index is 0.163. The van der Waals surface area contributed by atoms with Crippen molar-refractivity contribution in [1.29, 1.82) is 0 Å². The number of rotatable bonds is 5. The molecule has 0 saturated carbocycles. The van der Waals surface area contributed by atoms with Gasteiger partial charge in [-0.15, -0.1) is 0 Å². The molecule has 0 aromatic carbocycles. The van der Waals surface area contributed by atoms with Gasteiger partial charge in [-0.1, -0.05) is 11.6 Å². The molecular formula is C9H17ClN6. The second-order valence-electron chi connectivity index (χ2n) is 3.71. The molecule has 16 heavy (non-hydrogen) atoms. The van der Waals surface area contributed by atoms with Gasteiger partial charge in [0.05, 0.1) is 5.69 Å². The van der Waals surface area contributed by atoms with Crippen LogP contribution in [-0.4, -0.2) is 42.1 Å². The second-order valence-corrected chi connectivity index (χ2v) is 4.07. The summed E-state index contributed by atoms with van der Waals surface area (Å²) in [6.45, 7) is 2.32. The third kappa shape index (κ3) is 3.80. The van der Waals surface area contributed by atoms with Crippen LogP contribution in [0.15, 0.2) is 0 Å². The third-order valence-electron chi connectivity index (χ3n) is 2.01. The number of nitrogens with two attached hydrogens (primary N) is 2. The van der Waals surface area contributed by atoms with Gasteiger partial charge >= 0.3 is 0 Å². The summed E-state index contributed by atoms with van der Waals surface area (Å²) >= 11 is 5.76. The lowest BCUT2D eigenvalue weighted by atomic mass is 10.4. The summed E-state index contributed by atoms with van der Waals surface area (Å²) in [6, 6.07) is 0. The van der Waals surface area contributed by atoms with E-state index in [0.717, 1.165) is 13.1 Å². The Balaban J connectivity index is 2.51. The molecule has 0 aliphatic heterocycles. The van der Waals surface area contributed by atoms with Gasteiger partial charge in [0.15, 0.2) is 11.0 Å². The molecule has 1 aromatic heterocycles. The van der Waals surface area contributed by atoms with Crippen molar-refractivity contribution in [3.63, 3.8) is 0 Å². The number of hydrogen-bond donors (Lipinski definition) is 3. The number of aromatic nitrogens is 2. The largest absolute Gasteiger partial charge is 0.382 e. The first-order valence-electron chi connectivity index (χ1n) is 4.93. The molecule has 1 rings (SSSR count). The lowest BCUT2D eigenvalue weighted by molar-refractivity contribution is 0.399. The molecule has 1 aromatic rings. The van der Waals surface area contributed by atoms with Gasteiger partial charge in [-0.25, -0.2) is 9.97 Å². The molecule has 1 heterocycles. The van der Waals surface area contributed by atoms with Gasteiger partial charge in [-0.05, 0) is 14.1 Å². The van der Waals surface area contributed by atoms with Crippen LogP contribution in [0, 0.1) is 0 Å². The van der Waals surface area contributed by atoms with E-state index in [4.69, 9.17) is 23.1 Å². The molecule has 0 aliphatic carbocycles. The average molecular weight is 245 g/mol. The molecule has 0 amide bonds. The Hall–Kier alpha value is -1.11. The molecule has 0 unspecified atom stereocenters. The zero-order valence-corrected chi connectivity index (χ0v) is 10.3. The molecular weight excluding hydrogens is 228 g/mol. The predicted molar refractivity (Wildman–Crippen MR) is 66.1 cm³/mol. The van der Waals surface area contributed by atoms with E-state index in [9.17, 15) is 0 Å². The van der Waals surface area contributed by atoms with Crippen LogP contribution >= 0.6 is 11.6 Å². The monoisotopic (exact) mass is 244 g/mol. The SMILES string of the molecule is CN(C)CCNCc1nc(Cl)c(N)nc1N. The summed E-state index contributed by atoms with van der Waals surface area (Å²) in [6.07, 6.45) is 0. The highest BCUT2D eigenvalue weighted by Crippen LogP contribution is 2.16. The van der Waals surface area contributed by atoms with Gasteiger partial charge in [0.1, 0.15) is 5.82 Å². The van der Waals surface area contributed by atoms with Crippen LogP contribution in [0.4, 0.5) is 11.6 Å². The van der Waals surface area contributed by atoms with E-state index in [1.54, 1.807) is 0 Å². The quantitative estimate of drug-likeness (QED) is 0.629. The number of anilines is 2. The Labute approximate surface area is 100.0 Å². The van der Waals surface area contributed by atoms with Crippen LogP contribution in [0.1, 0.15) is 5.69 Å². The highest BCUT2D eigenvalue weighted by Gasteiger charge is 2.07. The van der Waals surface area contributed by atoms with Crippen LogP contribution in [0.2, 0.25) is 5.15 Å². The number of nitrogens with one attached hydrogen (secondary N) is 1. The van der Waals surface area contributed by atoms with Crippen LogP contribution in [-0.2, 0) is 6.54 Å².